The number of piperidine rings is 1. The first-order valence-corrected chi connectivity index (χ1v) is 7.01. The third kappa shape index (κ3) is 2.56. The number of phenolic OH excluding ortho intramolecular Hbond substituents is 1. The average Bonchev–Trinajstić information content (AvgIpc) is 3.15. The number of phenols is 1. The minimum Gasteiger partial charge on any atom is -0.506 e. The molecule has 1 saturated heterocycles. The molecule has 1 amide bonds. The molecule has 112 valence electrons. The van der Waals surface area contributed by atoms with Gasteiger partial charge >= 0.3 is 0 Å². The number of hydrogen-bond donors (Lipinski definition) is 3. The van der Waals surface area contributed by atoms with E-state index < -0.39 is 4.92 Å². The van der Waals surface area contributed by atoms with Crippen molar-refractivity contribution in [2.24, 2.45) is 11.3 Å². The molecule has 21 heavy (non-hydrogen) atoms. The molecule has 2 aliphatic rings. The van der Waals surface area contributed by atoms with E-state index in [0.29, 0.717) is 0 Å². The molecule has 1 aromatic rings. The molecule has 0 bridgehead atoms. The molecule has 2 fully saturated rings. The minimum absolute atomic E-state index is 0.0193. The highest BCUT2D eigenvalue weighted by Crippen LogP contribution is 2.58. The number of nitrogens with zero attached hydrogens (tertiary/aromatic N) is 1. The van der Waals surface area contributed by atoms with Crippen LogP contribution in [-0.2, 0) is 4.79 Å². The summed E-state index contributed by atoms with van der Waals surface area (Å²) in [4.78, 5) is 22.3. The fourth-order valence-corrected chi connectivity index (χ4v) is 3.15. The lowest BCUT2D eigenvalue weighted by atomic mass is 9.92. The number of nitrogens with one attached hydrogen (secondary N) is 2. The maximum Gasteiger partial charge on any atom is 0.273 e. The van der Waals surface area contributed by atoms with Gasteiger partial charge < -0.3 is 15.7 Å². The molecule has 3 N–H and O–H groups in total. The van der Waals surface area contributed by atoms with Crippen LogP contribution in [0.1, 0.15) is 19.3 Å². The van der Waals surface area contributed by atoms with E-state index in [1.165, 1.54) is 12.1 Å². The van der Waals surface area contributed by atoms with E-state index in [9.17, 15) is 20.0 Å². The van der Waals surface area contributed by atoms with Crippen molar-refractivity contribution in [3.63, 3.8) is 0 Å². The Bertz CT molecular complexity index is 596. The van der Waals surface area contributed by atoms with Crippen LogP contribution in [0.2, 0.25) is 0 Å². The van der Waals surface area contributed by atoms with E-state index in [2.05, 4.69) is 10.6 Å². The van der Waals surface area contributed by atoms with Crippen LogP contribution in [0.3, 0.4) is 0 Å². The Kier molecular flexibility index (Phi) is 3.29. The van der Waals surface area contributed by atoms with E-state index in [1.807, 2.05) is 0 Å². The molecule has 1 atom stereocenters. The van der Waals surface area contributed by atoms with Crippen molar-refractivity contribution in [3.8, 4) is 5.75 Å². The fourth-order valence-electron chi connectivity index (χ4n) is 3.15. The molecule has 0 aromatic heterocycles. The zero-order valence-electron chi connectivity index (χ0n) is 11.5. The molecule has 1 aliphatic heterocycles. The van der Waals surface area contributed by atoms with Crippen LogP contribution in [-0.4, -0.2) is 29.0 Å². The number of benzene rings is 1. The predicted molar refractivity (Wildman–Crippen MR) is 76.0 cm³/mol. The highest BCUT2D eigenvalue weighted by molar-refractivity contribution is 5.96. The summed E-state index contributed by atoms with van der Waals surface area (Å²) in [5.74, 6) is -0.409. The van der Waals surface area contributed by atoms with Crippen LogP contribution in [0.4, 0.5) is 11.4 Å². The van der Waals surface area contributed by atoms with Gasteiger partial charge in [-0.05, 0) is 43.8 Å². The van der Waals surface area contributed by atoms with Gasteiger partial charge in [0, 0.05) is 12.0 Å². The molecule has 3 rings (SSSR count). The smallest absolute Gasteiger partial charge is 0.273 e. The van der Waals surface area contributed by atoms with Gasteiger partial charge in [0.1, 0.15) is 5.75 Å². The Balaban J connectivity index is 1.67. The summed E-state index contributed by atoms with van der Waals surface area (Å²) in [5.41, 5.74) is 0.138. The Hall–Kier alpha value is -2.15. The number of hydrogen-bond acceptors (Lipinski definition) is 5. The lowest BCUT2D eigenvalue weighted by Crippen LogP contribution is -2.31. The summed E-state index contributed by atoms with van der Waals surface area (Å²) >= 11 is 0. The molecule has 1 unspecified atom stereocenters. The lowest BCUT2D eigenvalue weighted by molar-refractivity contribution is -0.384. The molecule has 1 spiro atoms. The Morgan fingerprint density at radius 2 is 2.14 bits per heavy atom. The number of aromatic hydroxyl groups is 1. The van der Waals surface area contributed by atoms with E-state index in [0.717, 1.165) is 38.4 Å². The van der Waals surface area contributed by atoms with E-state index >= 15 is 0 Å². The van der Waals surface area contributed by atoms with Gasteiger partial charge in [0.15, 0.2) is 0 Å². The second-order valence-electron chi connectivity index (χ2n) is 5.82. The predicted octanol–water partition coefficient (Wildman–Crippen LogP) is 1.63. The zero-order valence-corrected chi connectivity index (χ0v) is 11.5. The molecule has 0 radical (unpaired) electrons. The van der Waals surface area contributed by atoms with Crippen LogP contribution in [0.5, 0.6) is 5.75 Å². The quantitative estimate of drug-likeness (QED) is 0.446. The van der Waals surface area contributed by atoms with Crippen molar-refractivity contribution in [1.82, 2.24) is 5.32 Å². The second kappa shape index (κ2) is 5.00. The van der Waals surface area contributed by atoms with Crippen molar-refractivity contribution >= 4 is 17.3 Å². The van der Waals surface area contributed by atoms with Crippen molar-refractivity contribution in [1.29, 1.82) is 0 Å². The van der Waals surface area contributed by atoms with Crippen molar-refractivity contribution in [2.45, 2.75) is 19.3 Å². The maximum atomic E-state index is 12.2. The first-order valence-electron chi connectivity index (χ1n) is 7.01. The first kappa shape index (κ1) is 13.8. The standard InChI is InChI=1S/C14H17N3O4/c18-12-7-9(17(20)21)1-2-11(12)16-13(19)10-8-14(10)3-5-15-6-4-14/h1-2,7,10,15,18H,3-6,8H2,(H,16,19). The van der Waals surface area contributed by atoms with Crippen molar-refractivity contribution in [3.05, 3.63) is 28.3 Å². The summed E-state index contributed by atoms with van der Waals surface area (Å²) in [7, 11) is 0. The van der Waals surface area contributed by atoms with Crippen molar-refractivity contribution < 1.29 is 14.8 Å². The fraction of sp³-hybridized carbons (Fsp3) is 0.500. The van der Waals surface area contributed by atoms with E-state index in [1.54, 1.807) is 0 Å². The average molecular weight is 291 g/mol. The molecule has 7 nitrogen and oxygen atoms in total. The minimum atomic E-state index is -0.587. The number of amides is 1. The maximum absolute atomic E-state index is 12.2. The number of anilines is 1. The topological polar surface area (TPSA) is 104 Å². The molecule has 1 heterocycles. The normalized spacial score (nSPS) is 22.8. The molecule has 7 heteroatoms. The molecule has 1 aromatic carbocycles. The molecule has 1 saturated carbocycles. The van der Waals surface area contributed by atoms with Crippen LogP contribution >= 0.6 is 0 Å². The SMILES string of the molecule is O=C(Nc1ccc([N+](=O)[O-])cc1O)C1CC12CCNCC2. The van der Waals surface area contributed by atoms with Crippen molar-refractivity contribution in [2.75, 3.05) is 18.4 Å². The van der Waals surface area contributed by atoms with Gasteiger partial charge in [0.05, 0.1) is 16.7 Å². The highest BCUT2D eigenvalue weighted by Gasteiger charge is 2.57. The molecular formula is C14H17N3O4. The van der Waals surface area contributed by atoms with Gasteiger partial charge in [-0.1, -0.05) is 0 Å². The summed E-state index contributed by atoms with van der Waals surface area (Å²) < 4.78 is 0. The summed E-state index contributed by atoms with van der Waals surface area (Å²) in [6.07, 6.45) is 2.88. The summed E-state index contributed by atoms with van der Waals surface area (Å²) in [5, 5.41) is 26.3. The number of non-ortho nitro benzene ring substituents is 1. The second-order valence-corrected chi connectivity index (χ2v) is 5.82. The van der Waals surface area contributed by atoms with Crippen LogP contribution in [0, 0.1) is 21.4 Å². The number of nitro groups is 1. The summed E-state index contributed by atoms with van der Waals surface area (Å²) in [6, 6.07) is 3.67. The van der Waals surface area contributed by atoms with E-state index in [4.69, 9.17) is 0 Å². The van der Waals surface area contributed by atoms with Gasteiger partial charge in [-0.3, -0.25) is 14.9 Å². The Morgan fingerprint density at radius 1 is 1.43 bits per heavy atom. The van der Waals surface area contributed by atoms with Gasteiger partial charge in [-0.15, -0.1) is 0 Å². The monoisotopic (exact) mass is 291 g/mol. The number of carbonyl (C=O) groups excluding carboxylic acids is 1. The lowest BCUT2D eigenvalue weighted by Gasteiger charge is -2.23. The Labute approximate surface area is 121 Å². The Morgan fingerprint density at radius 3 is 2.76 bits per heavy atom. The first-order chi connectivity index (χ1) is 10.0. The van der Waals surface area contributed by atoms with Gasteiger partial charge in [0.25, 0.3) is 5.69 Å². The third-order valence-electron chi connectivity index (χ3n) is 4.56. The highest BCUT2D eigenvalue weighted by atomic mass is 16.6. The van der Waals surface area contributed by atoms with Gasteiger partial charge in [-0.25, -0.2) is 0 Å². The largest absolute Gasteiger partial charge is 0.506 e. The number of carbonyl (C=O) groups is 1. The van der Waals surface area contributed by atoms with Gasteiger partial charge in [0.2, 0.25) is 5.91 Å². The van der Waals surface area contributed by atoms with Gasteiger partial charge in [-0.2, -0.15) is 0 Å². The number of nitro benzene ring substituents is 1. The van der Waals surface area contributed by atoms with Crippen LogP contribution in [0.15, 0.2) is 18.2 Å². The summed E-state index contributed by atoms with van der Waals surface area (Å²) in [6.45, 7) is 1.87. The third-order valence-corrected chi connectivity index (χ3v) is 4.56. The molecular weight excluding hydrogens is 274 g/mol. The van der Waals surface area contributed by atoms with E-state index in [-0.39, 0.29) is 34.4 Å². The molecule has 1 aliphatic carbocycles. The zero-order chi connectivity index (χ0) is 15.0. The van der Waals surface area contributed by atoms with Crippen LogP contribution in [0.25, 0.3) is 0 Å². The number of rotatable bonds is 3. The van der Waals surface area contributed by atoms with Crippen LogP contribution < -0.4 is 10.6 Å².